The quantitative estimate of drug-likeness (QED) is 0.638. The summed E-state index contributed by atoms with van der Waals surface area (Å²) in [6.45, 7) is 2.63. The summed E-state index contributed by atoms with van der Waals surface area (Å²) >= 11 is 1.66. The molecule has 0 radical (unpaired) electrons. The van der Waals surface area contributed by atoms with E-state index in [-0.39, 0.29) is 11.2 Å². The topological polar surface area (TPSA) is 47.6 Å². The van der Waals surface area contributed by atoms with Crippen molar-refractivity contribution in [3.05, 3.63) is 59.7 Å². The number of carbonyl (C=O) groups is 1. The van der Waals surface area contributed by atoms with E-state index >= 15 is 0 Å². The normalized spacial score (nSPS) is 11.7. The van der Waals surface area contributed by atoms with Gasteiger partial charge in [0.2, 0.25) is 5.91 Å². The molecule has 0 aliphatic rings. The van der Waals surface area contributed by atoms with Gasteiger partial charge in [0.05, 0.1) is 19.5 Å². The number of aryl methyl sites for hydroxylation is 1. The van der Waals surface area contributed by atoms with Crippen LogP contribution in [0, 0.1) is 0 Å². The van der Waals surface area contributed by atoms with Crippen molar-refractivity contribution in [2.45, 2.75) is 30.8 Å². The van der Waals surface area contributed by atoms with Crippen LogP contribution in [-0.2, 0) is 17.0 Å². The van der Waals surface area contributed by atoms with Crippen LogP contribution in [0.15, 0.2) is 48.5 Å². The zero-order valence-electron chi connectivity index (χ0n) is 15.7. The predicted molar refractivity (Wildman–Crippen MR) is 108 cm³/mol. The highest BCUT2D eigenvalue weighted by Crippen LogP contribution is 2.27. The Morgan fingerprint density at radius 2 is 1.77 bits per heavy atom. The molecule has 2 aromatic carbocycles. The number of methoxy groups -OCH3 is 2. The molecule has 1 amide bonds. The lowest BCUT2D eigenvalue weighted by molar-refractivity contribution is -0.120. The molecule has 2 aromatic rings. The van der Waals surface area contributed by atoms with Crippen molar-refractivity contribution in [1.82, 2.24) is 5.32 Å². The minimum atomic E-state index is -0.0590. The molecule has 1 atom stereocenters. The highest BCUT2D eigenvalue weighted by Gasteiger charge is 2.12. The second kappa shape index (κ2) is 10.8. The van der Waals surface area contributed by atoms with Gasteiger partial charge in [-0.05, 0) is 43.0 Å². The fourth-order valence-corrected chi connectivity index (χ4v) is 3.42. The summed E-state index contributed by atoms with van der Waals surface area (Å²) in [4.78, 5) is 12.2. The van der Waals surface area contributed by atoms with E-state index in [4.69, 9.17) is 9.47 Å². The van der Waals surface area contributed by atoms with Crippen molar-refractivity contribution < 1.29 is 14.3 Å². The second-order valence-electron chi connectivity index (χ2n) is 6.02. The first-order valence-corrected chi connectivity index (χ1v) is 9.83. The van der Waals surface area contributed by atoms with Crippen LogP contribution < -0.4 is 14.8 Å². The minimum absolute atomic E-state index is 0.0590. The fraction of sp³-hybridized carbons (Fsp3) is 0.381. The van der Waals surface area contributed by atoms with E-state index < -0.39 is 0 Å². The van der Waals surface area contributed by atoms with E-state index in [9.17, 15) is 4.79 Å². The number of amides is 1. The average Bonchev–Trinajstić information content (AvgIpc) is 2.69. The largest absolute Gasteiger partial charge is 0.493 e. The van der Waals surface area contributed by atoms with Gasteiger partial charge in [-0.25, -0.2) is 0 Å². The summed E-state index contributed by atoms with van der Waals surface area (Å²) in [5, 5.41) is 2.97. The summed E-state index contributed by atoms with van der Waals surface area (Å²) in [6, 6.07) is 16.1. The van der Waals surface area contributed by atoms with Crippen LogP contribution in [0.4, 0.5) is 0 Å². The van der Waals surface area contributed by atoms with Gasteiger partial charge in [0.15, 0.2) is 11.5 Å². The smallest absolute Gasteiger partial charge is 0.232 e. The number of thioether (sulfide) groups is 1. The van der Waals surface area contributed by atoms with Crippen LogP contribution in [0.25, 0.3) is 0 Å². The SMILES string of the molecule is COc1ccc(CCCNC(=O)[C@H](C)SCc2ccccc2)cc1OC. The number of hydrogen-bond acceptors (Lipinski definition) is 4. The lowest BCUT2D eigenvalue weighted by Gasteiger charge is -2.12. The molecule has 0 fully saturated rings. The Labute approximate surface area is 160 Å². The van der Waals surface area contributed by atoms with Gasteiger partial charge in [-0.3, -0.25) is 4.79 Å². The molecule has 4 nitrogen and oxygen atoms in total. The minimum Gasteiger partial charge on any atom is -0.493 e. The number of hydrogen-bond donors (Lipinski definition) is 1. The fourth-order valence-electron chi connectivity index (χ4n) is 2.56. The zero-order chi connectivity index (χ0) is 18.8. The first kappa shape index (κ1) is 20.2. The van der Waals surface area contributed by atoms with E-state index in [1.54, 1.807) is 26.0 Å². The van der Waals surface area contributed by atoms with Gasteiger partial charge < -0.3 is 14.8 Å². The van der Waals surface area contributed by atoms with Crippen LogP contribution in [0.3, 0.4) is 0 Å². The Morgan fingerprint density at radius 1 is 1.04 bits per heavy atom. The molecule has 2 rings (SSSR count). The van der Waals surface area contributed by atoms with E-state index in [0.29, 0.717) is 6.54 Å². The molecule has 0 aromatic heterocycles. The van der Waals surface area contributed by atoms with Crippen molar-refractivity contribution in [2.75, 3.05) is 20.8 Å². The van der Waals surface area contributed by atoms with E-state index in [1.807, 2.05) is 43.3 Å². The summed E-state index contributed by atoms with van der Waals surface area (Å²) in [5.41, 5.74) is 2.41. The van der Waals surface area contributed by atoms with Gasteiger partial charge in [-0.1, -0.05) is 36.4 Å². The molecule has 0 bridgehead atoms. The second-order valence-corrected chi connectivity index (χ2v) is 7.35. The molecule has 0 saturated heterocycles. The molecule has 140 valence electrons. The third kappa shape index (κ3) is 6.30. The Hall–Kier alpha value is -2.14. The maximum atomic E-state index is 12.2. The summed E-state index contributed by atoms with van der Waals surface area (Å²) in [7, 11) is 3.26. The third-order valence-corrected chi connectivity index (χ3v) is 5.32. The number of carbonyl (C=O) groups excluding carboxylic acids is 1. The number of rotatable bonds is 10. The maximum absolute atomic E-state index is 12.2. The number of benzene rings is 2. The first-order chi connectivity index (χ1) is 12.6. The van der Waals surface area contributed by atoms with E-state index in [2.05, 4.69) is 17.4 Å². The molecular weight excluding hydrogens is 346 g/mol. The van der Waals surface area contributed by atoms with Crippen LogP contribution >= 0.6 is 11.8 Å². The number of nitrogens with one attached hydrogen (secondary N) is 1. The summed E-state index contributed by atoms with van der Waals surface area (Å²) < 4.78 is 10.6. The molecule has 0 saturated carbocycles. The molecule has 5 heteroatoms. The molecule has 26 heavy (non-hydrogen) atoms. The van der Waals surface area contributed by atoms with Crippen LogP contribution in [0.1, 0.15) is 24.5 Å². The molecule has 0 spiro atoms. The standard InChI is InChI=1S/C21H27NO3S/c1-16(26-15-18-8-5-4-6-9-18)21(23)22-13-7-10-17-11-12-19(24-2)20(14-17)25-3/h4-6,8-9,11-12,14,16H,7,10,13,15H2,1-3H3,(H,22,23)/t16-/m0/s1. The van der Waals surface area contributed by atoms with Crippen molar-refractivity contribution >= 4 is 17.7 Å². The van der Waals surface area contributed by atoms with Gasteiger partial charge in [0.25, 0.3) is 0 Å². The van der Waals surface area contributed by atoms with Gasteiger partial charge in [-0.2, -0.15) is 0 Å². The lowest BCUT2D eigenvalue weighted by atomic mass is 10.1. The summed E-state index contributed by atoms with van der Waals surface area (Å²) in [6.07, 6.45) is 1.77. The van der Waals surface area contributed by atoms with Crippen LogP contribution in [0.2, 0.25) is 0 Å². The molecule has 0 aliphatic carbocycles. The van der Waals surface area contributed by atoms with Crippen LogP contribution in [0.5, 0.6) is 11.5 Å². The number of ether oxygens (including phenoxy) is 2. The zero-order valence-corrected chi connectivity index (χ0v) is 16.5. The molecule has 0 unspecified atom stereocenters. The van der Waals surface area contributed by atoms with Crippen molar-refractivity contribution in [1.29, 1.82) is 0 Å². The molecule has 0 heterocycles. The van der Waals surface area contributed by atoms with Gasteiger partial charge in [0, 0.05) is 12.3 Å². The monoisotopic (exact) mass is 373 g/mol. The molecular formula is C21H27NO3S. The van der Waals surface area contributed by atoms with Gasteiger partial charge >= 0.3 is 0 Å². The van der Waals surface area contributed by atoms with E-state index in [0.717, 1.165) is 30.1 Å². The first-order valence-electron chi connectivity index (χ1n) is 8.78. The van der Waals surface area contributed by atoms with Gasteiger partial charge in [0.1, 0.15) is 0 Å². The van der Waals surface area contributed by atoms with E-state index in [1.165, 1.54) is 11.1 Å². The van der Waals surface area contributed by atoms with Crippen molar-refractivity contribution in [2.24, 2.45) is 0 Å². The van der Waals surface area contributed by atoms with Crippen molar-refractivity contribution in [3.63, 3.8) is 0 Å². The lowest BCUT2D eigenvalue weighted by Crippen LogP contribution is -2.31. The average molecular weight is 374 g/mol. The maximum Gasteiger partial charge on any atom is 0.232 e. The molecule has 1 N–H and O–H groups in total. The highest BCUT2D eigenvalue weighted by molar-refractivity contribution is 7.99. The Balaban J connectivity index is 1.69. The Kier molecular flexibility index (Phi) is 8.35. The highest BCUT2D eigenvalue weighted by atomic mass is 32.2. The Morgan fingerprint density at radius 3 is 2.46 bits per heavy atom. The van der Waals surface area contributed by atoms with Crippen molar-refractivity contribution in [3.8, 4) is 11.5 Å². The van der Waals surface area contributed by atoms with Crippen LogP contribution in [-0.4, -0.2) is 31.9 Å². The predicted octanol–water partition coefficient (Wildman–Crippen LogP) is 4.07. The molecule has 0 aliphatic heterocycles. The summed E-state index contributed by atoms with van der Waals surface area (Å²) in [5.74, 6) is 2.41. The Bertz CT molecular complexity index is 691. The third-order valence-electron chi connectivity index (χ3n) is 4.10. The van der Waals surface area contributed by atoms with Gasteiger partial charge in [-0.15, -0.1) is 11.8 Å².